The van der Waals surface area contributed by atoms with Crippen LogP contribution in [0, 0.1) is 0 Å². The Morgan fingerprint density at radius 1 is 1.08 bits per heavy atom. The molecule has 0 fully saturated rings. The van der Waals surface area contributed by atoms with E-state index in [0.29, 0.717) is 22.9 Å². The number of nitrogens with one attached hydrogen (secondary N) is 2. The number of hydrogen-bond donors (Lipinski definition) is 2. The molecule has 5 heteroatoms. The Morgan fingerprint density at radius 3 is 2.48 bits per heavy atom. The molecule has 2 amide bonds. The van der Waals surface area contributed by atoms with Crippen LogP contribution in [-0.4, -0.2) is 25.5 Å². The van der Waals surface area contributed by atoms with Crippen molar-refractivity contribution in [3.63, 3.8) is 0 Å². The second-order valence-corrected chi connectivity index (χ2v) is 5.81. The third-order valence-corrected chi connectivity index (χ3v) is 4.09. The maximum absolute atomic E-state index is 12.2. The molecule has 25 heavy (non-hydrogen) atoms. The maximum atomic E-state index is 12.2. The first-order valence-electron chi connectivity index (χ1n) is 8.39. The van der Waals surface area contributed by atoms with E-state index in [2.05, 4.69) is 24.5 Å². The van der Waals surface area contributed by atoms with Crippen LogP contribution in [-0.2, 0) is 4.79 Å². The lowest BCUT2D eigenvalue weighted by Crippen LogP contribution is -2.24. The van der Waals surface area contributed by atoms with Gasteiger partial charge >= 0.3 is 0 Å². The second kappa shape index (κ2) is 8.87. The summed E-state index contributed by atoms with van der Waals surface area (Å²) in [6, 6.07) is 14.6. The molecule has 0 heterocycles. The average molecular weight is 340 g/mol. The molecule has 132 valence electrons. The molecule has 0 aliphatic carbocycles. The van der Waals surface area contributed by atoms with Crippen molar-refractivity contribution >= 4 is 17.5 Å². The van der Waals surface area contributed by atoms with E-state index in [0.717, 1.165) is 12.0 Å². The highest BCUT2D eigenvalue weighted by Gasteiger charge is 2.14. The summed E-state index contributed by atoms with van der Waals surface area (Å²) in [5, 5.41) is 5.29. The largest absolute Gasteiger partial charge is 0.483 e. The zero-order valence-electron chi connectivity index (χ0n) is 14.8. The van der Waals surface area contributed by atoms with Gasteiger partial charge in [-0.25, -0.2) is 0 Å². The molecule has 5 nitrogen and oxygen atoms in total. The number of anilines is 1. The van der Waals surface area contributed by atoms with Gasteiger partial charge in [-0.05, 0) is 36.1 Å². The third kappa shape index (κ3) is 4.83. The summed E-state index contributed by atoms with van der Waals surface area (Å²) < 4.78 is 5.71. The van der Waals surface area contributed by atoms with Crippen molar-refractivity contribution in [2.75, 3.05) is 19.0 Å². The topological polar surface area (TPSA) is 67.4 Å². The fraction of sp³-hybridized carbons (Fsp3) is 0.300. The van der Waals surface area contributed by atoms with Crippen LogP contribution in [0.15, 0.2) is 48.5 Å². The summed E-state index contributed by atoms with van der Waals surface area (Å²) in [6.07, 6.45) is 0.992. The number of rotatable bonds is 7. The Kier molecular flexibility index (Phi) is 6.57. The minimum Gasteiger partial charge on any atom is -0.483 e. The zero-order chi connectivity index (χ0) is 18.2. The molecule has 0 saturated heterocycles. The van der Waals surface area contributed by atoms with Gasteiger partial charge in [-0.1, -0.05) is 44.2 Å². The number of hydrogen-bond acceptors (Lipinski definition) is 3. The Morgan fingerprint density at radius 2 is 1.76 bits per heavy atom. The van der Waals surface area contributed by atoms with Gasteiger partial charge in [0.15, 0.2) is 6.61 Å². The van der Waals surface area contributed by atoms with E-state index < -0.39 is 0 Å². The molecule has 2 N–H and O–H groups in total. The Bertz CT molecular complexity index is 743. The minimum atomic E-state index is -0.310. The Labute approximate surface area is 148 Å². The van der Waals surface area contributed by atoms with Gasteiger partial charge in [-0.15, -0.1) is 0 Å². The number of benzene rings is 2. The van der Waals surface area contributed by atoms with Gasteiger partial charge in [0.25, 0.3) is 11.8 Å². The SMILES string of the molecule is CCC(C)c1ccccc1OCC(=O)Nc1ccccc1C(=O)NC. The predicted octanol–water partition coefficient (Wildman–Crippen LogP) is 3.58. The number of amides is 2. The highest BCUT2D eigenvalue weighted by molar-refractivity contribution is 6.03. The molecule has 1 unspecified atom stereocenters. The summed E-state index contributed by atoms with van der Waals surface area (Å²) in [4.78, 5) is 24.1. The lowest BCUT2D eigenvalue weighted by atomic mass is 9.98. The molecule has 2 aromatic rings. The number of para-hydroxylation sites is 2. The maximum Gasteiger partial charge on any atom is 0.262 e. The lowest BCUT2D eigenvalue weighted by molar-refractivity contribution is -0.118. The molecular formula is C20H24N2O3. The van der Waals surface area contributed by atoms with Crippen LogP contribution in [0.1, 0.15) is 42.1 Å². The van der Waals surface area contributed by atoms with Crippen LogP contribution in [0.25, 0.3) is 0 Å². The minimum absolute atomic E-state index is 0.116. The first kappa shape index (κ1) is 18.5. The summed E-state index contributed by atoms with van der Waals surface area (Å²) in [6.45, 7) is 4.13. The summed E-state index contributed by atoms with van der Waals surface area (Å²) in [7, 11) is 1.55. The van der Waals surface area contributed by atoms with Crippen molar-refractivity contribution in [1.29, 1.82) is 0 Å². The van der Waals surface area contributed by atoms with E-state index in [1.165, 1.54) is 0 Å². The Hall–Kier alpha value is -2.82. The molecular weight excluding hydrogens is 316 g/mol. The molecule has 0 aromatic heterocycles. The van der Waals surface area contributed by atoms with E-state index in [9.17, 15) is 9.59 Å². The molecule has 0 saturated carbocycles. The smallest absolute Gasteiger partial charge is 0.262 e. The molecule has 2 aromatic carbocycles. The van der Waals surface area contributed by atoms with E-state index in [4.69, 9.17) is 4.74 Å². The number of carbonyl (C=O) groups is 2. The molecule has 2 rings (SSSR count). The van der Waals surface area contributed by atoms with Crippen molar-refractivity contribution in [1.82, 2.24) is 5.32 Å². The van der Waals surface area contributed by atoms with Crippen LogP contribution in [0.4, 0.5) is 5.69 Å². The van der Waals surface area contributed by atoms with Gasteiger partial charge in [0.05, 0.1) is 11.3 Å². The second-order valence-electron chi connectivity index (χ2n) is 5.81. The summed E-state index contributed by atoms with van der Waals surface area (Å²) in [5.41, 5.74) is 1.97. The monoisotopic (exact) mass is 340 g/mol. The molecule has 0 aliphatic heterocycles. The number of carbonyl (C=O) groups excluding carboxylic acids is 2. The molecule has 0 radical (unpaired) electrons. The predicted molar refractivity (Wildman–Crippen MR) is 99.1 cm³/mol. The standard InChI is InChI=1S/C20H24N2O3/c1-4-14(2)15-9-6-8-12-18(15)25-13-19(23)22-17-11-7-5-10-16(17)20(24)21-3/h5-12,14H,4,13H2,1-3H3,(H,21,24)(H,22,23). The van der Waals surface area contributed by atoms with E-state index in [1.54, 1.807) is 31.3 Å². The van der Waals surface area contributed by atoms with Crippen LogP contribution in [0.5, 0.6) is 5.75 Å². The van der Waals surface area contributed by atoms with Crippen LogP contribution in [0.2, 0.25) is 0 Å². The fourth-order valence-corrected chi connectivity index (χ4v) is 2.49. The molecule has 1 atom stereocenters. The highest BCUT2D eigenvalue weighted by atomic mass is 16.5. The summed E-state index contributed by atoms with van der Waals surface area (Å²) in [5.74, 6) is 0.508. The highest BCUT2D eigenvalue weighted by Crippen LogP contribution is 2.28. The van der Waals surface area contributed by atoms with Crippen molar-refractivity contribution < 1.29 is 14.3 Å². The molecule has 0 bridgehead atoms. The van der Waals surface area contributed by atoms with Gasteiger partial charge in [-0.2, -0.15) is 0 Å². The third-order valence-electron chi connectivity index (χ3n) is 4.09. The fourth-order valence-electron chi connectivity index (χ4n) is 2.49. The van der Waals surface area contributed by atoms with Gasteiger partial charge in [0.1, 0.15) is 5.75 Å². The summed E-state index contributed by atoms with van der Waals surface area (Å²) >= 11 is 0. The van der Waals surface area contributed by atoms with Gasteiger partial charge in [-0.3, -0.25) is 9.59 Å². The van der Waals surface area contributed by atoms with Crippen LogP contribution in [0.3, 0.4) is 0 Å². The normalized spacial score (nSPS) is 11.5. The molecule has 0 spiro atoms. The first-order valence-corrected chi connectivity index (χ1v) is 8.39. The first-order chi connectivity index (χ1) is 12.1. The van der Waals surface area contributed by atoms with Crippen molar-refractivity contribution in [3.05, 3.63) is 59.7 Å². The van der Waals surface area contributed by atoms with E-state index in [1.807, 2.05) is 24.3 Å². The average Bonchev–Trinajstić information content (AvgIpc) is 2.65. The van der Waals surface area contributed by atoms with Gasteiger partial charge < -0.3 is 15.4 Å². The quantitative estimate of drug-likeness (QED) is 0.809. The van der Waals surface area contributed by atoms with E-state index in [-0.39, 0.29) is 18.4 Å². The van der Waals surface area contributed by atoms with Crippen molar-refractivity contribution in [3.8, 4) is 5.75 Å². The van der Waals surface area contributed by atoms with Gasteiger partial charge in [0.2, 0.25) is 0 Å². The Balaban J connectivity index is 2.04. The van der Waals surface area contributed by atoms with Gasteiger partial charge in [0, 0.05) is 7.05 Å². The van der Waals surface area contributed by atoms with Crippen LogP contribution < -0.4 is 15.4 Å². The molecule has 0 aliphatic rings. The number of ether oxygens (including phenoxy) is 1. The van der Waals surface area contributed by atoms with E-state index >= 15 is 0 Å². The lowest BCUT2D eigenvalue weighted by Gasteiger charge is -2.16. The van der Waals surface area contributed by atoms with Crippen molar-refractivity contribution in [2.45, 2.75) is 26.2 Å². The zero-order valence-corrected chi connectivity index (χ0v) is 14.8. The van der Waals surface area contributed by atoms with Crippen LogP contribution >= 0.6 is 0 Å². The van der Waals surface area contributed by atoms with Crippen molar-refractivity contribution in [2.24, 2.45) is 0 Å².